The van der Waals surface area contributed by atoms with Crippen molar-refractivity contribution >= 4 is 10.0 Å². The minimum Gasteiger partial charge on any atom is -0.472 e. The van der Waals surface area contributed by atoms with Gasteiger partial charge in [0.15, 0.2) is 4.90 Å². The SMILES string of the molecule is O=S(=O)(NCc1ccc(-c2ccoc2)cc1)c1c(F)cccc1F. The van der Waals surface area contributed by atoms with Gasteiger partial charge in [-0.3, -0.25) is 0 Å². The molecule has 3 rings (SSSR count). The van der Waals surface area contributed by atoms with Crippen molar-refractivity contribution in [3.05, 3.63) is 78.3 Å². The van der Waals surface area contributed by atoms with Gasteiger partial charge in [-0.25, -0.2) is 21.9 Å². The molecule has 0 atom stereocenters. The fraction of sp³-hybridized carbons (Fsp3) is 0.0588. The summed E-state index contributed by atoms with van der Waals surface area (Å²) in [6, 6.07) is 11.8. The normalized spacial score (nSPS) is 11.6. The maximum atomic E-state index is 13.6. The summed E-state index contributed by atoms with van der Waals surface area (Å²) in [4.78, 5) is -0.972. The van der Waals surface area contributed by atoms with Crippen LogP contribution in [0.5, 0.6) is 0 Å². The van der Waals surface area contributed by atoms with Crippen LogP contribution in [0.2, 0.25) is 0 Å². The van der Waals surface area contributed by atoms with E-state index < -0.39 is 26.6 Å². The average molecular weight is 349 g/mol. The molecule has 0 amide bonds. The van der Waals surface area contributed by atoms with Gasteiger partial charge in [0.05, 0.1) is 12.5 Å². The number of hydrogen-bond acceptors (Lipinski definition) is 3. The fourth-order valence-electron chi connectivity index (χ4n) is 2.23. The molecule has 0 saturated heterocycles. The average Bonchev–Trinajstić information content (AvgIpc) is 3.07. The highest BCUT2D eigenvalue weighted by molar-refractivity contribution is 7.89. The van der Waals surface area contributed by atoms with Gasteiger partial charge in [0.25, 0.3) is 0 Å². The van der Waals surface area contributed by atoms with E-state index in [0.29, 0.717) is 5.56 Å². The van der Waals surface area contributed by atoms with Crippen LogP contribution in [0.1, 0.15) is 5.56 Å². The Morgan fingerprint density at radius 2 is 1.58 bits per heavy atom. The Labute approximate surface area is 137 Å². The molecule has 0 spiro atoms. The highest BCUT2D eigenvalue weighted by atomic mass is 32.2. The van der Waals surface area contributed by atoms with E-state index in [4.69, 9.17) is 4.42 Å². The van der Waals surface area contributed by atoms with Crippen molar-refractivity contribution in [2.75, 3.05) is 0 Å². The molecule has 0 aliphatic heterocycles. The molecule has 3 aromatic rings. The first-order chi connectivity index (χ1) is 11.5. The lowest BCUT2D eigenvalue weighted by molar-refractivity contribution is 0.514. The lowest BCUT2D eigenvalue weighted by Gasteiger charge is -2.09. The highest BCUT2D eigenvalue weighted by Gasteiger charge is 2.23. The number of benzene rings is 2. The molecule has 24 heavy (non-hydrogen) atoms. The second-order valence-electron chi connectivity index (χ2n) is 5.08. The summed E-state index contributed by atoms with van der Waals surface area (Å²) < 4.78 is 58.6. The Hall–Kier alpha value is -2.51. The van der Waals surface area contributed by atoms with E-state index in [1.165, 1.54) is 0 Å². The van der Waals surface area contributed by atoms with Gasteiger partial charge in [-0.15, -0.1) is 0 Å². The third-order valence-corrected chi connectivity index (χ3v) is 4.91. The topological polar surface area (TPSA) is 59.3 Å². The predicted molar refractivity (Wildman–Crippen MR) is 84.5 cm³/mol. The van der Waals surface area contributed by atoms with Crippen molar-refractivity contribution in [2.24, 2.45) is 0 Å². The Kier molecular flexibility index (Phi) is 4.46. The first kappa shape index (κ1) is 16.4. The molecule has 0 radical (unpaired) electrons. The van der Waals surface area contributed by atoms with E-state index in [1.807, 2.05) is 0 Å². The van der Waals surface area contributed by atoms with Crippen LogP contribution >= 0.6 is 0 Å². The van der Waals surface area contributed by atoms with E-state index in [-0.39, 0.29) is 6.54 Å². The third kappa shape index (κ3) is 3.37. The summed E-state index contributed by atoms with van der Waals surface area (Å²) in [6.07, 6.45) is 3.15. The van der Waals surface area contributed by atoms with Crippen molar-refractivity contribution < 1.29 is 21.6 Å². The highest BCUT2D eigenvalue weighted by Crippen LogP contribution is 2.21. The van der Waals surface area contributed by atoms with Crippen LogP contribution in [0, 0.1) is 11.6 Å². The van der Waals surface area contributed by atoms with Gasteiger partial charge < -0.3 is 4.42 Å². The molecule has 1 N–H and O–H groups in total. The number of nitrogens with one attached hydrogen (secondary N) is 1. The lowest BCUT2D eigenvalue weighted by Crippen LogP contribution is -2.25. The van der Waals surface area contributed by atoms with Gasteiger partial charge in [0.1, 0.15) is 11.6 Å². The standard InChI is InChI=1S/C17H13F2NO3S/c18-15-2-1-3-16(19)17(15)24(21,22)20-10-12-4-6-13(7-5-12)14-8-9-23-11-14/h1-9,11,20H,10H2. The van der Waals surface area contributed by atoms with Crippen LogP contribution in [0.4, 0.5) is 8.78 Å². The van der Waals surface area contributed by atoms with Gasteiger partial charge in [-0.1, -0.05) is 30.3 Å². The van der Waals surface area contributed by atoms with Crippen molar-refractivity contribution in [2.45, 2.75) is 11.4 Å². The van der Waals surface area contributed by atoms with Gasteiger partial charge in [0, 0.05) is 12.1 Å². The first-order valence-electron chi connectivity index (χ1n) is 7.02. The minimum absolute atomic E-state index is 0.0816. The van der Waals surface area contributed by atoms with Crippen LogP contribution < -0.4 is 4.72 Å². The molecule has 1 aromatic heterocycles. The molecule has 0 saturated carbocycles. The Morgan fingerprint density at radius 3 is 2.17 bits per heavy atom. The molecule has 124 valence electrons. The van der Waals surface area contributed by atoms with Gasteiger partial charge >= 0.3 is 0 Å². The summed E-state index contributed by atoms with van der Waals surface area (Å²) in [5, 5.41) is 0. The summed E-state index contributed by atoms with van der Waals surface area (Å²) >= 11 is 0. The van der Waals surface area contributed by atoms with E-state index in [1.54, 1.807) is 42.9 Å². The lowest BCUT2D eigenvalue weighted by atomic mass is 10.1. The number of furan rings is 1. The van der Waals surface area contributed by atoms with Crippen LogP contribution in [-0.4, -0.2) is 8.42 Å². The molecule has 0 fully saturated rings. The van der Waals surface area contributed by atoms with Gasteiger partial charge in [-0.05, 0) is 29.3 Å². The summed E-state index contributed by atoms with van der Waals surface area (Å²) in [6.45, 7) is -0.0816. The molecule has 1 heterocycles. The fourth-order valence-corrected chi connectivity index (χ4v) is 3.38. The monoisotopic (exact) mass is 349 g/mol. The number of halogens is 2. The molecule has 0 aliphatic rings. The van der Waals surface area contributed by atoms with E-state index in [0.717, 1.165) is 29.3 Å². The van der Waals surface area contributed by atoms with Crippen LogP contribution in [0.3, 0.4) is 0 Å². The van der Waals surface area contributed by atoms with Crippen molar-refractivity contribution in [3.63, 3.8) is 0 Å². The second-order valence-corrected chi connectivity index (χ2v) is 6.79. The maximum absolute atomic E-state index is 13.6. The van der Waals surface area contributed by atoms with Crippen molar-refractivity contribution in [1.29, 1.82) is 0 Å². The second kappa shape index (κ2) is 6.54. The predicted octanol–water partition coefficient (Wildman–Crippen LogP) is 3.70. The zero-order chi connectivity index (χ0) is 17.2. The quantitative estimate of drug-likeness (QED) is 0.764. The van der Waals surface area contributed by atoms with Crippen LogP contribution in [0.15, 0.2) is 70.4 Å². The zero-order valence-electron chi connectivity index (χ0n) is 12.4. The molecule has 0 aliphatic carbocycles. The Balaban J connectivity index is 1.75. The van der Waals surface area contributed by atoms with Crippen LogP contribution in [-0.2, 0) is 16.6 Å². The molecule has 0 unspecified atom stereocenters. The van der Waals surface area contributed by atoms with Crippen molar-refractivity contribution in [3.8, 4) is 11.1 Å². The molecule has 2 aromatic carbocycles. The summed E-state index contributed by atoms with van der Waals surface area (Å²) in [7, 11) is -4.29. The van der Waals surface area contributed by atoms with Crippen molar-refractivity contribution in [1.82, 2.24) is 4.72 Å². The molecule has 7 heteroatoms. The smallest absolute Gasteiger partial charge is 0.246 e. The molecule has 4 nitrogen and oxygen atoms in total. The van der Waals surface area contributed by atoms with Crippen LogP contribution in [0.25, 0.3) is 11.1 Å². The largest absolute Gasteiger partial charge is 0.472 e. The summed E-state index contributed by atoms with van der Waals surface area (Å²) in [5.74, 6) is -2.25. The van der Waals surface area contributed by atoms with E-state index >= 15 is 0 Å². The van der Waals surface area contributed by atoms with Gasteiger partial charge in [0.2, 0.25) is 10.0 Å². The number of sulfonamides is 1. The number of hydrogen-bond donors (Lipinski definition) is 1. The molecular formula is C17H13F2NO3S. The number of rotatable bonds is 5. The molecule has 0 bridgehead atoms. The maximum Gasteiger partial charge on any atom is 0.246 e. The van der Waals surface area contributed by atoms with E-state index in [2.05, 4.69) is 4.72 Å². The Bertz CT molecular complexity index is 916. The first-order valence-corrected chi connectivity index (χ1v) is 8.51. The molecular weight excluding hydrogens is 336 g/mol. The minimum atomic E-state index is -4.29. The van der Waals surface area contributed by atoms with Gasteiger partial charge in [-0.2, -0.15) is 0 Å². The summed E-state index contributed by atoms with van der Waals surface area (Å²) in [5.41, 5.74) is 2.47. The Morgan fingerprint density at radius 1 is 0.917 bits per heavy atom. The third-order valence-electron chi connectivity index (χ3n) is 3.46. The zero-order valence-corrected chi connectivity index (χ0v) is 13.2. The van der Waals surface area contributed by atoms with E-state index in [9.17, 15) is 17.2 Å².